The molecule has 0 saturated carbocycles. The average Bonchev–Trinajstić information content (AvgIpc) is 2.14. The minimum absolute atomic E-state index is 0.287. The minimum Gasteiger partial charge on any atom is -0.384 e. The van der Waals surface area contributed by atoms with E-state index in [0.717, 1.165) is 12.1 Å². The average molecular weight is 237 g/mol. The Hall–Kier alpha value is -1.00. The summed E-state index contributed by atoms with van der Waals surface area (Å²) >= 11 is 5.45. The lowest BCUT2D eigenvalue weighted by atomic mass is 10.0. The van der Waals surface area contributed by atoms with Gasteiger partial charge in [-0.25, -0.2) is 0 Å². The summed E-state index contributed by atoms with van der Waals surface area (Å²) in [7, 11) is 0. The van der Waals surface area contributed by atoms with E-state index >= 15 is 0 Å². The molecule has 0 amide bonds. The van der Waals surface area contributed by atoms with Gasteiger partial charge in [-0.15, -0.1) is 6.58 Å². The summed E-state index contributed by atoms with van der Waals surface area (Å²) in [5.74, 6) is 0. The van der Waals surface area contributed by atoms with Gasteiger partial charge in [0.15, 0.2) is 0 Å². The molecule has 0 fully saturated rings. The zero-order valence-electron chi connectivity index (χ0n) is 7.55. The molecule has 1 aromatic rings. The molecule has 0 aliphatic rings. The summed E-state index contributed by atoms with van der Waals surface area (Å²) in [5.41, 5.74) is -1.30. The zero-order chi connectivity index (χ0) is 11.6. The summed E-state index contributed by atoms with van der Waals surface area (Å²) < 4.78 is 37.7. The van der Waals surface area contributed by atoms with Gasteiger partial charge in [0.2, 0.25) is 0 Å². The van der Waals surface area contributed by atoms with E-state index < -0.39 is 22.9 Å². The number of hydrogen-bond donors (Lipinski definition) is 1. The molecule has 82 valence electrons. The highest BCUT2D eigenvalue weighted by molar-refractivity contribution is 6.31. The van der Waals surface area contributed by atoms with Crippen LogP contribution in [0.25, 0.3) is 0 Å². The molecule has 1 atom stereocenters. The van der Waals surface area contributed by atoms with Crippen molar-refractivity contribution in [2.45, 2.75) is 12.3 Å². The van der Waals surface area contributed by atoms with Gasteiger partial charge in [0.05, 0.1) is 16.7 Å². The summed E-state index contributed by atoms with van der Waals surface area (Å²) in [6, 6.07) is 3.64. The summed E-state index contributed by atoms with van der Waals surface area (Å²) in [5, 5.41) is 8.89. The standard InChI is InChI=1S/C10H8ClF3O/c1-2-8(15)6-4-3-5-7(11)9(6)10(12,13)14/h2-5,8,15H,1H2. The van der Waals surface area contributed by atoms with Crippen LogP contribution in [0.2, 0.25) is 5.02 Å². The van der Waals surface area contributed by atoms with Crippen LogP contribution < -0.4 is 0 Å². The Morgan fingerprint density at radius 1 is 1.40 bits per heavy atom. The highest BCUT2D eigenvalue weighted by atomic mass is 35.5. The maximum atomic E-state index is 12.6. The largest absolute Gasteiger partial charge is 0.418 e. The quantitative estimate of drug-likeness (QED) is 0.779. The van der Waals surface area contributed by atoms with Gasteiger partial charge >= 0.3 is 6.18 Å². The van der Waals surface area contributed by atoms with Crippen molar-refractivity contribution in [2.75, 3.05) is 0 Å². The highest BCUT2D eigenvalue weighted by Crippen LogP contribution is 2.39. The van der Waals surface area contributed by atoms with E-state index in [0.29, 0.717) is 0 Å². The van der Waals surface area contributed by atoms with Crippen molar-refractivity contribution in [2.24, 2.45) is 0 Å². The summed E-state index contributed by atoms with van der Waals surface area (Å²) in [4.78, 5) is 0. The number of aliphatic hydroxyl groups is 1. The van der Waals surface area contributed by atoms with Crippen LogP contribution in [0.15, 0.2) is 30.9 Å². The first-order valence-corrected chi connectivity index (χ1v) is 4.42. The Balaban J connectivity index is 3.39. The van der Waals surface area contributed by atoms with E-state index in [1.54, 1.807) is 0 Å². The molecule has 1 nitrogen and oxygen atoms in total. The van der Waals surface area contributed by atoms with Crippen LogP contribution in [0.3, 0.4) is 0 Å². The van der Waals surface area contributed by atoms with Crippen molar-refractivity contribution in [3.63, 3.8) is 0 Å². The van der Waals surface area contributed by atoms with Crippen LogP contribution in [0.4, 0.5) is 13.2 Å². The second-order valence-electron chi connectivity index (χ2n) is 2.88. The number of aliphatic hydroxyl groups excluding tert-OH is 1. The van der Waals surface area contributed by atoms with Gasteiger partial charge in [-0.3, -0.25) is 0 Å². The lowest BCUT2D eigenvalue weighted by Gasteiger charge is -2.16. The summed E-state index contributed by atoms with van der Waals surface area (Å²) in [6.45, 7) is 3.23. The first kappa shape index (κ1) is 12.1. The molecular formula is C10H8ClF3O. The molecule has 0 heterocycles. The number of rotatable bonds is 2. The molecule has 0 aromatic heterocycles. The van der Waals surface area contributed by atoms with Crippen LogP contribution in [-0.4, -0.2) is 5.11 Å². The monoisotopic (exact) mass is 236 g/mol. The molecule has 1 N–H and O–H groups in total. The summed E-state index contributed by atoms with van der Waals surface area (Å²) in [6.07, 6.45) is -4.95. The molecule has 15 heavy (non-hydrogen) atoms. The van der Waals surface area contributed by atoms with E-state index in [1.165, 1.54) is 12.1 Å². The van der Waals surface area contributed by atoms with Gasteiger partial charge < -0.3 is 5.11 Å². The Bertz CT molecular complexity index is 373. The normalized spacial score (nSPS) is 13.7. The Kier molecular flexibility index (Phi) is 3.42. The minimum atomic E-state index is -4.59. The Morgan fingerprint density at radius 3 is 2.47 bits per heavy atom. The molecule has 1 rings (SSSR count). The topological polar surface area (TPSA) is 20.2 Å². The third-order valence-corrected chi connectivity index (χ3v) is 2.19. The van der Waals surface area contributed by atoms with E-state index in [-0.39, 0.29) is 5.56 Å². The fraction of sp³-hybridized carbons (Fsp3) is 0.200. The van der Waals surface area contributed by atoms with E-state index in [1.807, 2.05) is 0 Å². The van der Waals surface area contributed by atoms with Gasteiger partial charge in [-0.1, -0.05) is 29.8 Å². The van der Waals surface area contributed by atoms with Crippen LogP contribution in [0.5, 0.6) is 0 Å². The van der Waals surface area contributed by atoms with Crippen molar-refractivity contribution >= 4 is 11.6 Å². The smallest absolute Gasteiger partial charge is 0.384 e. The van der Waals surface area contributed by atoms with Crippen LogP contribution in [0, 0.1) is 0 Å². The van der Waals surface area contributed by atoms with Gasteiger partial charge in [-0.05, 0) is 11.6 Å². The van der Waals surface area contributed by atoms with E-state index in [4.69, 9.17) is 11.6 Å². The number of hydrogen-bond acceptors (Lipinski definition) is 1. The Morgan fingerprint density at radius 2 is 2.00 bits per heavy atom. The van der Waals surface area contributed by atoms with Crippen molar-refractivity contribution in [3.8, 4) is 0 Å². The Labute approximate surface area is 89.8 Å². The highest BCUT2D eigenvalue weighted by Gasteiger charge is 2.36. The maximum absolute atomic E-state index is 12.6. The van der Waals surface area contributed by atoms with Gasteiger partial charge in [0.1, 0.15) is 0 Å². The number of alkyl halides is 3. The van der Waals surface area contributed by atoms with Gasteiger partial charge in [0.25, 0.3) is 0 Å². The fourth-order valence-corrected chi connectivity index (χ4v) is 1.50. The molecule has 0 bridgehead atoms. The molecule has 1 aromatic carbocycles. The van der Waals surface area contributed by atoms with E-state index in [9.17, 15) is 18.3 Å². The molecule has 1 unspecified atom stereocenters. The molecule has 0 aliphatic heterocycles. The first-order chi connectivity index (χ1) is 6.88. The fourth-order valence-electron chi connectivity index (χ4n) is 1.21. The molecule has 0 saturated heterocycles. The predicted octanol–water partition coefficient (Wildman–Crippen LogP) is 3.58. The van der Waals surface area contributed by atoms with Crippen molar-refractivity contribution in [1.29, 1.82) is 0 Å². The molecule has 0 aliphatic carbocycles. The predicted molar refractivity (Wildman–Crippen MR) is 51.6 cm³/mol. The van der Waals surface area contributed by atoms with Crippen molar-refractivity contribution in [3.05, 3.63) is 47.0 Å². The number of benzene rings is 1. The molecule has 0 spiro atoms. The second-order valence-corrected chi connectivity index (χ2v) is 3.29. The third kappa shape index (κ3) is 2.52. The van der Waals surface area contributed by atoms with E-state index in [2.05, 4.69) is 6.58 Å². The van der Waals surface area contributed by atoms with Crippen LogP contribution in [0.1, 0.15) is 17.2 Å². The zero-order valence-corrected chi connectivity index (χ0v) is 8.31. The first-order valence-electron chi connectivity index (χ1n) is 4.04. The van der Waals surface area contributed by atoms with Crippen molar-refractivity contribution in [1.82, 2.24) is 0 Å². The van der Waals surface area contributed by atoms with Gasteiger partial charge in [0, 0.05) is 0 Å². The second kappa shape index (κ2) is 4.24. The van der Waals surface area contributed by atoms with Crippen LogP contribution in [-0.2, 0) is 6.18 Å². The maximum Gasteiger partial charge on any atom is 0.418 e. The van der Waals surface area contributed by atoms with Crippen molar-refractivity contribution < 1.29 is 18.3 Å². The molecule has 0 radical (unpaired) electrons. The third-order valence-electron chi connectivity index (χ3n) is 1.87. The molecular weight excluding hydrogens is 229 g/mol. The SMILES string of the molecule is C=CC(O)c1cccc(Cl)c1C(F)(F)F. The van der Waals surface area contributed by atoms with Gasteiger partial charge in [-0.2, -0.15) is 13.2 Å². The molecule has 5 heteroatoms. The van der Waals surface area contributed by atoms with Crippen LogP contribution >= 0.6 is 11.6 Å². The lowest BCUT2D eigenvalue weighted by molar-refractivity contribution is -0.138. The number of halogens is 4. The lowest BCUT2D eigenvalue weighted by Crippen LogP contribution is -2.12.